The maximum Gasteiger partial charge on any atom is 0.325 e. The monoisotopic (exact) mass is 362 g/mol. The summed E-state index contributed by atoms with van der Waals surface area (Å²) >= 11 is 12.0. The molecule has 6 heteroatoms. The van der Waals surface area contributed by atoms with Crippen molar-refractivity contribution in [3.05, 3.63) is 69.2 Å². The minimum absolute atomic E-state index is 0.225. The van der Waals surface area contributed by atoms with Crippen molar-refractivity contribution in [3.63, 3.8) is 0 Å². The fraction of sp³-hybridized carbons (Fsp3) is 0.222. The van der Waals surface area contributed by atoms with Crippen LogP contribution in [0.15, 0.2) is 42.5 Å². The number of halogens is 2. The van der Waals surface area contributed by atoms with Crippen molar-refractivity contribution in [1.29, 1.82) is 0 Å². The molecule has 1 heterocycles. The van der Waals surface area contributed by atoms with E-state index >= 15 is 0 Å². The molecule has 1 N–H and O–H groups in total. The van der Waals surface area contributed by atoms with Gasteiger partial charge in [-0.1, -0.05) is 59.1 Å². The summed E-state index contributed by atoms with van der Waals surface area (Å²) in [6.07, 6.45) is 0. The van der Waals surface area contributed by atoms with E-state index in [0.717, 1.165) is 11.1 Å². The molecule has 2 aromatic rings. The van der Waals surface area contributed by atoms with E-state index in [0.29, 0.717) is 15.6 Å². The zero-order valence-corrected chi connectivity index (χ0v) is 14.8. The lowest BCUT2D eigenvalue weighted by molar-refractivity contribution is -0.131. The van der Waals surface area contributed by atoms with Crippen molar-refractivity contribution >= 4 is 35.1 Å². The topological polar surface area (TPSA) is 49.4 Å². The molecule has 0 bridgehead atoms. The number of amides is 3. The van der Waals surface area contributed by atoms with Gasteiger partial charge in [0.15, 0.2) is 0 Å². The van der Waals surface area contributed by atoms with Gasteiger partial charge in [-0.3, -0.25) is 9.69 Å². The number of imide groups is 1. The summed E-state index contributed by atoms with van der Waals surface area (Å²) < 4.78 is 0. The van der Waals surface area contributed by atoms with E-state index in [-0.39, 0.29) is 12.5 Å². The molecule has 124 valence electrons. The molecule has 1 fully saturated rings. The molecule has 0 aliphatic carbocycles. The predicted molar refractivity (Wildman–Crippen MR) is 94.1 cm³/mol. The molecular formula is C18H16Cl2N2O2. The lowest BCUT2D eigenvalue weighted by atomic mass is 9.92. The zero-order chi connectivity index (χ0) is 17.5. The standard InChI is InChI=1S/C18H16Cl2N2O2/c1-11-4-3-5-12(8-11)10-22-16(23)18(2,21-17(22)24)13-6-7-14(19)15(20)9-13/h3-9H,10H2,1-2H3,(H,21,24). The highest BCUT2D eigenvalue weighted by atomic mass is 35.5. The predicted octanol–water partition coefficient (Wildman–Crippen LogP) is 4.27. The summed E-state index contributed by atoms with van der Waals surface area (Å²) in [5, 5.41) is 3.51. The van der Waals surface area contributed by atoms with Gasteiger partial charge < -0.3 is 5.32 Å². The third-order valence-corrected chi connectivity index (χ3v) is 4.93. The van der Waals surface area contributed by atoms with E-state index in [4.69, 9.17) is 23.2 Å². The first kappa shape index (κ1) is 16.8. The Balaban J connectivity index is 1.91. The summed E-state index contributed by atoms with van der Waals surface area (Å²) in [6.45, 7) is 3.86. The van der Waals surface area contributed by atoms with Crippen LogP contribution in [0, 0.1) is 6.92 Å². The van der Waals surface area contributed by atoms with E-state index in [1.54, 1.807) is 25.1 Å². The zero-order valence-electron chi connectivity index (χ0n) is 13.3. The quantitative estimate of drug-likeness (QED) is 0.828. The number of nitrogens with zero attached hydrogens (tertiary/aromatic N) is 1. The van der Waals surface area contributed by atoms with Crippen molar-refractivity contribution in [2.45, 2.75) is 25.9 Å². The van der Waals surface area contributed by atoms with Gasteiger partial charge in [0.2, 0.25) is 0 Å². The lowest BCUT2D eigenvalue weighted by Crippen LogP contribution is -2.40. The molecular weight excluding hydrogens is 347 g/mol. The highest BCUT2D eigenvalue weighted by Crippen LogP contribution is 2.33. The lowest BCUT2D eigenvalue weighted by Gasteiger charge is -2.22. The Morgan fingerprint density at radius 3 is 2.50 bits per heavy atom. The average Bonchev–Trinajstić information content (AvgIpc) is 2.74. The number of carbonyl (C=O) groups excluding carboxylic acids is 2. The maximum atomic E-state index is 12.9. The molecule has 1 aliphatic heterocycles. The van der Waals surface area contributed by atoms with Crippen molar-refractivity contribution < 1.29 is 9.59 Å². The van der Waals surface area contributed by atoms with Crippen molar-refractivity contribution in [2.75, 3.05) is 0 Å². The molecule has 2 aromatic carbocycles. The Hall–Kier alpha value is -2.04. The van der Waals surface area contributed by atoms with Crippen molar-refractivity contribution in [3.8, 4) is 0 Å². The fourth-order valence-corrected chi connectivity index (χ4v) is 3.13. The molecule has 3 rings (SSSR count). The van der Waals surface area contributed by atoms with E-state index in [2.05, 4.69) is 5.32 Å². The second-order valence-corrected chi connectivity index (χ2v) is 6.88. The number of nitrogens with one attached hydrogen (secondary N) is 1. The fourth-order valence-electron chi connectivity index (χ4n) is 2.84. The molecule has 4 nitrogen and oxygen atoms in total. The number of urea groups is 1. The number of aryl methyl sites for hydroxylation is 1. The molecule has 1 atom stereocenters. The van der Waals surface area contributed by atoms with Gasteiger partial charge in [0.05, 0.1) is 16.6 Å². The molecule has 0 aromatic heterocycles. The van der Waals surface area contributed by atoms with Crippen LogP contribution in [-0.4, -0.2) is 16.8 Å². The highest BCUT2D eigenvalue weighted by Gasteiger charge is 2.49. The SMILES string of the molecule is Cc1cccc(CN2C(=O)NC(C)(c3ccc(Cl)c(Cl)c3)C2=O)c1. The van der Waals surface area contributed by atoms with Gasteiger partial charge >= 0.3 is 6.03 Å². The Labute approximate surface area is 150 Å². The summed E-state index contributed by atoms with van der Waals surface area (Å²) in [7, 11) is 0. The van der Waals surface area contributed by atoms with Crippen molar-refractivity contribution in [2.24, 2.45) is 0 Å². The molecule has 1 saturated heterocycles. The van der Waals surface area contributed by atoms with E-state index in [9.17, 15) is 9.59 Å². The summed E-state index contributed by atoms with van der Waals surface area (Å²) in [4.78, 5) is 26.5. The largest absolute Gasteiger partial charge is 0.325 e. The summed E-state index contributed by atoms with van der Waals surface area (Å²) in [5.41, 5.74) is 1.42. The van der Waals surface area contributed by atoms with Gasteiger partial charge in [-0.2, -0.15) is 0 Å². The third kappa shape index (κ3) is 2.87. The third-order valence-electron chi connectivity index (χ3n) is 4.20. The van der Waals surface area contributed by atoms with Crippen LogP contribution in [-0.2, 0) is 16.9 Å². The molecule has 1 unspecified atom stereocenters. The van der Waals surface area contributed by atoms with Crippen LogP contribution in [0.25, 0.3) is 0 Å². The van der Waals surface area contributed by atoms with Crippen LogP contribution in [0.4, 0.5) is 4.79 Å². The van der Waals surface area contributed by atoms with Gasteiger partial charge in [0, 0.05) is 0 Å². The van der Waals surface area contributed by atoms with E-state index < -0.39 is 11.6 Å². The van der Waals surface area contributed by atoms with E-state index in [1.807, 2.05) is 31.2 Å². The first-order valence-corrected chi connectivity index (χ1v) is 8.22. The average molecular weight is 363 g/mol. The van der Waals surface area contributed by atoms with E-state index in [1.165, 1.54) is 4.90 Å². The van der Waals surface area contributed by atoms with Gasteiger partial charge in [-0.15, -0.1) is 0 Å². The van der Waals surface area contributed by atoms with Gasteiger partial charge in [0.1, 0.15) is 5.54 Å². The van der Waals surface area contributed by atoms with Crippen LogP contribution in [0.5, 0.6) is 0 Å². The summed E-state index contributed by atoms with van der Waals surface area (Å²) in [5.74, 6) is -0.313. The minimum Gasteiger partial charge on any atom is -0.319 e. The Morgan fingerprint density at radius 1 is 1.08 bits per heavy atom. The van der Waals surface area contributed by atoms with Crippen molar-refractivity contribution in [1.82, 2.24) is 10.2 Å². The molecule has 0 radical (unpaired) electrons. The van der Waals surface area contributed by atoms with Gasteiger partial charge in [-0.25, -0.2) is 4.79 Å². The normalized spacial score (nSPS) is 20.4. The van der Waals surface area contributed by atoms with Crippen LogP contribution >= 0.6 is 23.2 Å². The Morgan fingerprint density at radius 2 is 1.83 bits per heavy atom. The first-order valence-electron chi connectivity index (χ1n) is 7.46. The highest BCUT2D eigenvalue weighted by molar-refractivity contribution is 6.42. The maximum absolute atomic E-state index is 12.9. The molecule has 24 heavy (non-hydrogen) atoms. The van der Waals surface area contributed by atoms with Crippen LogP contribution in [0.2, 0.25) is 10.0 Å². The number of hydrogen-bond donors (Lipinski definition) is 1. The number of carbonyl (C=O) groups is 2. The molecule has 0 spiro atoms. The number of benzene rings is 2. The van der Waals surface area contributed by atoms with Gasteiger partial charge in [0.25, 0.3) is 5.91 Å². The van der Waals surface area contributed by atoms with Crippen LogP contribution in [0.1, 0.15) is 23.6 Å². The van der Waals surface area contributed by atoms with Crippen LogP contribution < -0.4 is 5.32 Å². The number of hydrogen-bond acceptors (Lipinski definition) is 2. The smallest absolute Gasteiger partial charge is 0.319 e. The Kier molecular flexibility index (Phi) is 4.28. The molecule has 1 aliphatic rings. The summed E-state index contributed by atoms with van der Waals surface area (Å²) in [6, 6.07) is 12.2. The Bertz CT molecular complexity index is 838. The molecule has 3 amide bonds. The number of rotatable bonds is 3. The molecule has 0 saturated carbocycles. The minimum atomic E-state index is -1.16. The van der Waals surface area contributed by atoms with Gasteiger partial charge in [-0.05, 0) is 37.1 Å². The van der Waals surface area contributed by atoms with Crippen LogP contribution in [0.3, 0.4) is 0 Å². The first-order chi connectivity index (χ1) is 11.3. The second kappa shape index (κ2) is 6.11. The second-order valence-electron chi connectivity index (χ2n) is 6.06.